The summed E-state index contributed by atoms with van der Waals surface area (Å²) in [6.07, 6.45) is 2.42. The maximum absolute atomic E-state index is 13.4. The van der Waals surface area contributed by atoms with Crippen LogP contribution in [0, 0.1) is 17.7 Å². The third-order valence-electron chi connectivity index (χ3n) is 6.72. The number of halogens is 1. The Bertz CT molecular complexity index is 1180. The maximum atomic E-state index is 13.4. The summed E-state index contributed by atoms with van der Waals surface area (Å²) in [6.45, 7) is 9.46. The third-order valence-corrected chi connectivity index (χ3v) is 6.72. The number of benzene rings is 2. The van der Waals surface area contributed by atoms with Gasteiger partial charge in [0.15, 0.2) is 0 Å². The number of anilines is 1. The number of ether oxygens (including phenoxy) is 3. The zero-order valence-corrected chi connectivity index (χ0v) is 25.2. The Hall–Kier alpha value is -3.53. The number of amides is 1. The predicted octanol–water partition coefficient (Wildman–Crippen LogP) is 1.72. The third kappa shape index (κ3) is 13.1. The molecular weight excluding hydrogens is 551 g/mol. The summed E-state index contributed by atoms with van der Waals surface area (Å²) < 4.78 is 29.9. The van der Waals surface area contributed by atoms with E-state index in [0.29, 0.717) is 63.9 Å². The van der Waals surface area contributed by atoms with Crippen LogP contribution >= 0.6 is 0 Å². The lowest BCUT2D eigenvalue weighted by Gasteiger charge is -2.36. The zero-order valence-electron chi connectivity index (χ0n) is 25.2. The highest BCUT2D eigenvalue weighted by Gasteiger charge is 2.20. The van der Waals surface area contributed by atoms with Crippen LogP contribution in [0.3, 0.4) is 0 Å². The number of carbonyl (C=O) groups is 1. The van der Waals surface area contributed by atoms with Crippen LogP contribution in [0.25, 0.3) is 0 Å². The van der Waals surface area contributed by atoms with E-state index in [1.807, 2.05) is 18.2 Å². The van der Waals surface area contributed by atoms with Gasteiger partial charge in [-0.15, -0.1) is 0 Å². The Labute approximate surface area is 254 Å². The standard InChI is InChI=1S/C32H45FN6O4/c1-35-26-36-12-2-13-37-32(40)29-7-10-31(28(25-29)6-3-27-4-8-30(33)9-5-27)39-16-14-38(15-17-39)18-20-42-22-24-43-23-21-41-19-11-34/h4-5,7-10,25-26H,2,11-24,34H2,1H3,(H,35,36)(H,37,40). The second-order valence-corrected chi connectivity index (χ2v) is 9.89. The maximum Gasteiger partial charge on any atom is 0.251 e. The quantitative estimate of drug-likeness (QED) is 0.103. The molecule has 3 rings (SSSR count). The smallest absolute Gasteiger partial charge is 0.251 e. The average molecular weight is 597 g/mol. The molecule has 43 heavy (non-hydrogen) atoms. The molecule has 1 fully saturated rings. The van der Waals surface area contributed by atoms with Gasteiger partial charge in [-0.1, -0.05) is 11.8 Å². The fraction of sp³-hybridized carbons (Fsp3) is 0.500. The molecule has 2 aromatic rings. The second-order valence-electron chi connectivity index (χ2n) is 9.89. The highest BCUT2D eigenvalue weighted by Crippen LogP contribution is 2.23. The molecule has 0 radical (unpaired) electrons. The number of nitrogens with two attached hydrogens (primary N) is 1. The zero-order chi connectivity index (χ0) is 30.5. The van der Waals surface area contributed by atoms with Gasteiger partial charge in [0, 0.05) is 76.1 Å². The van der Waals surface area contributed by atoms with Gasteiger partial charge in [0.2, 0.25) is 0 Å². The minimum absolute atomic E-state index is 0.143. The van der Waals surface area contributed by atoms with E-state index in [2.05, 4.69) is 37.3 Å². The molecule has 0 aromatic heterocycles. The van der Waals surface area contributed by atoms with E-state index < -0.39 is 0 Å². The summed E-state index contributed by atoms with van der Waals surface area (Å²) in [5, 5.41) is 6.03. The first-order valence-electron chi connectivity index (χ1n) is 14.8. The number of nitrogens with zero attached hydrogens (tertiary/aromatic N) is 3. The fourth-order valence-corrected chi connectivity index (χ4v) is 4.41. The lowest BCUT2D eigenvalue weighted by molar-refractivity contribution is 0.0116. The topological polar surface area (TPSA) is 114 Å². The van der Waals surface area contributed by atoms with Crippen molar-refractivity contribution < 1.29 is 23.4 Å². The van der Waals surface area contributed by atoms with Crippen molar-refractivity contribution in [1.82, 2.24) is 15.5 Å². The number of carbonyl (C=O) groups excluding carboxylic acids is 1. The van der Waals surface area contributed by atoms with Crippen molar-refractivity contribution in [2.45, 2.75) is 6.42 Å². The van der Waals surface area contributed by atoms with Gasteiger partial charge in [-0.3, -0.25) is 14.7 Å². The summed E-state index contributed by atoms with van der Waals surface area (Å²) in [5.74, 6) is 5.92. The molecule has 234 valence electrons. The van der Waals surface area contributed by atoms with E-state index in [4.69, 9.17) is 19.9 Å². The Kier molecular flexibility index (Phi) is 16.1. The minimum Gasteiger partial charge on any atom is -0.378 e. The lowest BCUT2D eigenvalue weighted by atomic mass is 10.1. The van der Waals surface area contributed by atoms with E-state index in [0.717, 1.165) is 56.9 Å². The molecule has 1 amide bonds. The van der Waals surface area contributed by atoms with Crippen LogP contribution in [0.4, 0.5) is 10.1 Å². The molecule has 0 atom stereocenters. The molecular formula is C32H45FN6O4. The molecule has 0 aliphatic carbocycles. The summed E-state index contributed by atoms with van der Waals surface area (Å²) in [4.78, 5) is 21.4. The fourth-order valence-electron chi connectivity index (χ4n) is 4.41. The molecule has 0 spiro atoms. The van der Waals surface area contributed by atoms with Crippen LogP contribution < -0.4 is 21.3 Å². The SMILES string of the molecule is CN=CNCCCNC(=O)c1ccc(N2CCN(CCOCCOCCOCCN)CC2)c(C#Cc2ccc(F)cc2)c1. The Morgan fingerprint density at radius 3 is 2.35 bits per heavy atom. The van der Waals surface area contributed by atoms with Crippen LogP contribution in [0.5, 0.6) is 0 Å². The number of piperazine rings is 1. The molecule has 1 aliphatic heterocycles. The van der Waals surface area contributed by atoms with Gasteiger partial charge in [-0.2, -0.15) is 0 Å². The summed E-state index contributed by atoms with van der Waals surface area (Å²) >= 11 is 0. The van der Waals surface area contributed by atoms with Crippen molar-refractivity contribution in [2.75, 3.05) is 104 Å². The number of hydrogen-bond donors (Lipinski definition) is 3. The van der Waals surface area contributed by atoms with Gasteiger partial charge in [-0.05, 0) is 48.9 Å². The van der Waals surface area contributed by atoms with Gasteiger partial charge in [0.1, 0.15) is 5.82 Å². The number of rotatable bonds is 18. The molecule has 0 bridgehead atoms. The molecule has 2 aromatic carbocycles. The molecule has 0 unspecified atom stereocenters. The van der Waals surface area contributed by atoms with Gasteiger partial charge < -0.3 is 35.5 Å². The highest BCUT2D eigenvalue weighted by molar-refractivity contribution is 5.95. The van der Waals surface area contributed by atoms with E-state index in [-0.39, 0.29) is 11.7 Å². The number of nitrogens with one attached hydrogen (secondary N) is 2. The van der Waals surface area contributed by atoms with Crippen LogP contribution in [0.15, 0.2) is 47.5 Å². The van der Waals surface area contributed by atoms with Crippen LogP contribution in [-0.4, -0.2) is 116 Å². The van der Waals surface area contributed by atoms with Crippen molar-refractivity contribution >= 4 is 17.9 Å². The normalized spacial score (nSPS) is 13.6. The van der Waals surface area contributed by atoms with E-state index in [1.165, 1.54) is 12.1 Å². The average Bonchev–Trinajstić information content (AvgIpc) is 3.03. The van der Waals surface area contributed by atoms with Crippen LogP contribution in [-0.2, 0) is 14.2 Å². The van der Waals surface area contributed by atoms with Gasteiger partial charge in [-0.25, -0.2) is 4.39 Å². The summed E-state index contributed by atoms with van der Waals surface area (Å²) in [5.41, 5.74) is 8.40. The Balaban J connectivity index is 1.53. The second kappa shape index (κ2) is 20.4. The highest BCUT2D eigenvalue weighted by atomic mass is 19.1. The molecule has 11 heteroatoms. The first-order valence-corrected chi connectivity index (χ1v) is 14.8. The minimum atomic E-state index is -0.303. The van der Waals surface area contributed by atoms with Gasteiger partial charge >= 0.3 is 0 Å². The van der Waals surface area contributed by atoms with Crippen LogP contribution in [0.1, 0.15) is 27.9 Å². The molecule has 1 saturated heterocycles. The largest absolute Gasteiger partial charge is 0.378 e. The molecule has 4 N–H and O–H groups in total. The Morgan fingerprint density at radius 1 is 0.953 bits per heavy atom. The lowest BCUT2D eigenvalue weighted by Crippen LogP contribution is -2.47. The van der Waals surface area contributed by atoms with E-state index in [1.54, 1.807) is 25.5 Å². The van der Waals surface area contributed by atoms with Crippen molar-refractivity contribution in [1.29, 1.82) is 0 Å². The van der Waals surface area contributed by atoms with E-state index >= 15 is 0 Å². The predicted molar refractivity (Wildman–Crippen MR) is 168 cm³/mol. The molecule has 1 aliphatic rings. The van der Waals surface area contributed by atoms with Gasteiger partial charge in [0.25, 0.3) is 5.91 Å². The van der Waals surface area contributed by atoms with Crippen LogP contribution in [0.2, 0.25) is 0 Å². The van der Waals surface area contributed by atoms with Crippen molar-refractivity contribution in [3.8, 4) is 11.8 Å². The molecule has 1 heterocycles. The first kappa shape index (κ1) is 34.0. The van der Waals surface area contributed by atoms with Gasteiger partial charge in [0.05, 0.1) is 51.7 Å². The van der Waals surface area contributed by atoms with Crippen molar-refractivity contribution in [3.63, 3.8) is 0 Å². The Morgan fingerprint density at radius 2 is 1.65 bits per heavy atom. The number of hydrogen-bond acceptors (Lipinski definition) is 8. The summed E-state index contributed by atoms with van der Waals surface area (Å²) in [6, 6.07) is 11.8. The monoisotopic (exact) mass is 596 g/mol. The van der Waals surface area contributed by atoms with Crippen molar-refractivity contribution in [2.24, 2.45) is 10.7 Å². The first-order chi connectivity index (χ1) is 21.1. The van der Waals surface area contributed by atoms with Crippen molar-refractivity contribution in [3.05, 3.63) is 65.0 Å². The van der Waals surface area contributed by atoms with E-state index in [9.17, 15) is 9.18 Å². The molecule has 10 nitrogen and oxygen atoms in total. The number of aliphatic imine (C=N–C) groups is 1. The summed E-state index contributed by atoms with van der Waals surface area (Å²) in [7, 11) is 1.70. The molecule has 0 saturated carbocycles.